The van der Waals surface area contributed by atoms with Crippen molar-refractivity contribution in [1.82, 2.24) is 4.57 Å². The lowest BCUT2D eigenvalue weighted by Gasteiger charge is -2.30. The molecule has 0 aliphatic heterocycles. The summed E-state index contributed by atoms with van der Waals surface area (Å²) in [6, 6.07) is 74.8. The van der Waals surface area contributed by atoms with Gasteiger partial charge in [-0.2, -0.15) is 0 Å². The first-order valence-corrected chi connectivity index (χ1v) is 17.9. The van der Waals surface area contributed by atoms with E-state index in [4.69, 9.17) is 0 Å². The van der Waals surface area contributed by atoms with E-state index in [0.717, 1.165) is 22.7 Å². The highest BCUT2D eigenvalue weighted by atomic mass is 15.2. The largest absolute Gasteiger partial charge is 0.309 e. The third-order valence-electron chi connectivity index (χ3n) is 10.3. The summed E-state index contributed by atoms with van der Waals surface area (Å²) in [5.74, 6) is 0. The van der Waals surface area contributed by atoms with Crippen molar-refractivity contribution in [1.29, 1.82) is 0 Å². The van der Waals surface area contributed by atoms with Crippen molar-refractivity contribution < 1.29 is 0 Å². The van der Waals surface area contributed by atoms with E-state index in [1.807, 2.05) is 0 Å². The van der Waals surface area contributed by atoms with E-state index in [9.17, 15) is 0 Å². The van der Waals surface area contributed by atoms with Crippen molar-refractivity contribution in [3.8, 4) is 27.9 Å². The minimum atomic E-state index is 1.10. The molecule has 0 bridgehead atoms. The molecule has 0 saturated carbocycles. The van der Waals surface area contributed by atoms with Crippen LogP contribution in [0.2, 0.25) is 0 Å². The minimum Gasteiger partial charge on any atom is -0.309 e. The summed E-state index contributed by atoms with van der Waals surface area (Å²) >= 11 is 0. The average Bonchev–Trinajstić information content (AvgIpc) is 3.56. The summed E-state index contributed by atoms with van der Waals surface area (Å²) in [5, 5.41) is 7.32. The first kappa shape index (κ1) is 30.0. The molecule has 1 heterocycles. The number of nitrogens with zero attached hydrogens (tertiary/aromatic N) is 2. The Balaban J connectivity index is 1.29. The van der Waals surface area contributed by atoms with Gasteiger partial charge in [-0.25, -0.2) is 0 Å². The Bertz CT molecular complexity index is 2900. The molecule has 52 heavy (non-hydrogen) atoms. The fraction of sp³-hybridized carbons (Fsp3) is 0. The number of aromatic nitrogens is 1. The van der Waals surface area contributed by atoms with Crippen LogP contribution in [0.1, 0.15) is 0 Å². The summed E-state index contributed by atoms with van der Waals surface area (Å²) in [7, 11) is 0. The van der Waals surface area contributed by atoms with E-state index < -0.39 is 0 Å². The lowest BCUT2D eigenvalue weighted by Crippen LogP contribution is -2.12. The zero-order chi connectivity index (χ0) is 34.4. The molecule has 9 aromatic carbocycles. The molecule has 2 nitrogen and oxygen atoms in total. The molecule has 10 aromatic rings. The lowest BCUT2D eigenvalue weighted by atomic mass is 9.90. The first-order valence-electron chi connectivity index (χ1n) is 17.9. The number of para-hydroxylation sites is 3. The maximum atomic E-state index is 2.48. The van der Waals surface area contributed by atoms with Crippen molar-refractivity contribution >= 4 is 60.4 Å². The van der Waals surface area contributed by atoms with E-state index in [1.54, 1.807) is 0 Å². The second kappa shape index (κ2) is 12.5. The number of rotatable bonds is 6. The zero-order valence-corrected chi connectivity index (χ0v) is 28.5. The Labute approximate surface area is 303 Å². The van der Waals surface area contributed by atoms with Gasteiger partial charge in [-0.05, 0) is 98.9 Å². The molecule has 244 valence electrons. The average molecular weight is 663 g/mol. The number of anilines is 3. The summed E-state index contributed by atoms with van der Waals surface area (Å²) in [6.07, 6.45) is 0. The molecular formula is C50H34N2. The van der Waals surface area contributed by atoms with Crippen LogP contribution in [0.15, 0.2) is 206 Å². The second-order valence-electron chi connectivity index (χ2n) is 13.4. The molecule has 0 spiro atoms. The topological polar surface area (TPSA) is 8.17 Å². The quantitative estimate of drug-likeness (QED) is 0.172. The van der Waals surface area contributed by atoms with E-state index in [-0.39, 0.29) is 0 Å². The normalized spacial score (nSPS) is 11.5. The molecule has 0 radical (unpaired) electrons. The lowest BCUT2D eigenvalue weighted by molar-refractivity contribution is 1.18. The van der Waals surface area contributed by atoms with Gasteiger partial charge in [-0.1, -0.05) is 146 Å². The molecule has 0 atom stereocenters. The van der Waals surface area contributed by atoms with Gasteiger partial charge >= 0.3 is 0 Å². The van der Waals surface area contributed by atoms with Gasteiger partial charge in [0.25, 0.3) is 0 Å². The molecule has 0 saturated heterocycles. The van der Waals surface area contributed by atoms with Crippen LogP contribution in [-0.2, 0) is 0 Å². The van der Waals surface area contributed by atoms with Crippen LogP contribution in [0.25, 0.3) is 71.3 Å². The van der Waals surface area contributed by atoms with Crippen molar-refractivity contribution in [2.24, 2.45) is 0 Å². The molecule has 10 rings (SSSR count). The molecule has 0 amide bonds. The Hall–Kier alpha value is -6.90. The van der Waals surface area contributed by atoms with Crippen molar-refractivity contribution in [3.05, 3.63) is 206 Å². The van der Waals surface area contributed by atoms with Crippen LogP contribution in [0.4, 0.5) is 17.1 Å². The van der Waals surface area contributed by atoms with Gasteiger partial charge in [0, 0.05) is 27.7 Å². The summed E-state index contributed by atoms with van der Waals surface area (Å²) < 4.78 is 2.40. The predicted molar refractivity (Wildman–Crippen MR) is 221 cm³/mol. The number of hydrogen-bond acceptors (Lipinski definition) is 1. The second-order valence-corrected chi connectivity index (χ2v) is 13.4. The summed E-state index contributed by atoms with van der Waals surface area (Å²) in [4.78, 5) is 2.48. The van der Waals surface area contributed by atoms with Gasteiger partial charge in [0.05, 0.1) is 22.4 Å². The Morgan fingerprint density at radius 3 is 1.73 bits per heavy atom. The van der Waals surface area contributed by atoms with Crippen molar-refractivity contribution in [3.63, 3.8) is 0 Å². The Morgan fingerprint density at radius 1 is 0.346 bits per heavy atom. The van der Waals surface area contributed by atoms with E-state index in [0.29, 0.717) is 0 Å². The van der Waals surface area contributed by atoms with Gasteiger partial charge in [-0.15, -0.1) is 0 Å². The third-order valence-corrected chi connectivity index (χ3v) is 10.3. The van der Waals surface area contributed by atoms with E-state index >= 15 is 0 Å². The van der Waals surface area contributed by atoms with Crippen LogP contribution >= 0.6 is 0 Å². The third kappa shape index (κ3) is 4.96. The first-order chi connectivity index (χ1) is 25.8. The van der Waals surface area contributed by atoms with Gasteiger partial charge in [0.15, 0.2) is 0 Å². The number of fused-ring (bicyclic) bond motifs is 5. The van der Waals surface area contributed by atoms with Crippen LogP contribution in [-0.4, -0.2) is 4.57 Å². The Kier molecular flexibility index (Phi) is 7.18. The summed E-state index contributed by atoms with van der Waals surface area (Å²) in [6.45, 7) is 0. The monoisotopic (exact) mass is 662 g/mol. The summed E-state index contributed by atoms with van der Waals surface area (Å²) in [5.41, 5.74) is 11.6. The van der Waals surface area contributed by atoms with Gasteiger partial charge < -0.3 is 9.47 Å². The highest BCUT2D eigenvalue weighted by Crippen LogP contribution is 2.48. The predicted octanol–water partition coefficient (Wildman–Crippen LogP) is 13.9. The molecule has 2 heteroatoms. The fourth-order valence-corrected chi connectivity index (χ4v) is 7.98. The molecule has 0 N–H and O–H groups in total. The van der Waals surface area contributed by atoms with E-state index in [1.165, 1.54) is 65.6 Å². The molecule has 0 aliphatic rings. The zero-order valence-electron chi connectivity index (χ0n) is 28.5. The van der Waals surface area contributed by atoms with E-state index in [2.05, 4.69) is 216 Å². The van der Waals surface area contributed by atoms with Gasteiger partial charge in [-0.3, -0.25) is 0 Å². The van der Waals surface area contributed by atoms with Crippen LogP contribution in [0.5, 0.6) is 0 Å². The van der Waals surface area contributed by atoms with Crippen LogP contribution in [0.3, 0.4) is 0 Å². The molecule has 0 aliphatic carbocycles. The molecule has 1 aromatic heterocycles. The molecular weight excluding hydrogens is 629 g/mol. The Morgan fingerprint density at radius 2 is 0.942 bits per heavy atom. The van der Waals surface area contributed by atoms with Crippen molar-refractivity contribution in [2.45, 2.75) is 0 Å². The minimum absolute atomic E-state index is 1.10. The SMILES string of the molecule is c1ccc(N(c2cc3ccccc3cc2-c2ccccc2-c2ccc3ccccc3c2)c2cccc3c2c2ccccc2n3-c2ccccc2)cc1. The molecule has 0 unspecified atom stereocenters. The van der Waals surface area contributed by atoms with Crippen LogP contribution < -0.4 is 4.90 Å². The smallest absolute Gasteiger partial charge is 0.0562 e. The fourth-order valence-electron chi connectivity index (χ4n) is 7.98. The maximum absolute atomic E-state index is 2.48. The van der Waals surface area contributed by atoms with Crippen molar-refractivity contribution in [2.75, 3.05) is 4.90 Å². The highest BCUT2D eigenvalue weighted by Gasteiger charge is 2.24. The number of hydrogen-bond donors (Lipinski definition) is 0. The standard InChI is InChI=1S/C50H34N2/c1-3-20-40(21-4-1)51-46-27-14-13-26-44(46)50-47(51)28-15-29-48(50)52(41-22-5-2-6-23-41)49-34-38-19-10-9-18-37(38)33-45(49)43-25-12-11-24-42(43)39-31-30-35-16-7-8-17-36(35)32-39/h1-34H. The maximum Gasteiger partial charge on any atom is 0.0562 e. The molecule has 0 fully saturated rings. The van der Waals surface area contributed by atoms with Crippen LogP contribution in [0, 0.1) is 0 Å². The van der Waals surface area contributed by atoms with Gasteiger partial charge in [0.2, 0.25) is 0 Å². The van der Waals surface area contributed by atoms with Gasteiger partial charge in [0.1, 0.15) is 0 Å². The highest BCUT2D eigenvalue weighted by molar-refractivity contribution is 6.17. The number of benzene rings is 9.